The lowest BCUT2D eigenvalue weighted by molar-refractivity contribution is -0.00888. The number of rotatable bonds is 3. The van der Waals surface area contributed by atoms with Gasteiger partial charge in [-0.2, -0.15) is 0 Å². The van der Waals surface area contributed by atoms with Crippen LogP contribution in [0.4, 0.5) is 11.5 Å². The highest BCUT2D eigenvalue weighted by molar-refractivity contribution is 7.21. The maximum absolute atomic E-state index is 13.0. The molecule has 0 aromatic carbocycles. The van der Waals surface area contributed by atoms with Crippen molar-refractivity contribution in [2.75, 3.05) is 36.9 Å². The fourth-order valence-corrected chi connectivity index (χ4v) is 6.60. The Balaban J connectivity index is 1.15. The Morgan fingerprint density at radius 2 is 1.97 bits per heavy atom. The zero-order chi connectivity index (χ0) is 23.4. The molecule has 3 aliphatic rings. The quantitative estimate of drug-likeness (QED) is 0.528. The molecule has 0 radical (unpaired) electrons. The van der Waals surface area contributed by atoms with E-state index in [9.17, 15) is 4.79 Å². The van der Waals surface area contributed by atoms with Gasteiger partial charge >= 0.3 is 0 Å². The number of nitrogens with zero attached hydrogens (tertiary/aromatic N) is 3. The van der Waals surface area contributed by atoms with Gasteiger partial charge in [-0.3, -0.25) is 4.79 Å². The van der Waals surface area contributed by atoms with Gasteiger partial charge in [0.05, 0.1) is 18.9 Å². The highest BCUT2D eigenvalue weighted by atomic mass is 32.1. The van der Waals surface area contributed by atoms with Crippen molar-refractivity contribution in [3.05, 3.63) is 46.1 Å². The Hall–Kier alpha value is -2.75. The number of nitrogen functional groups attached to an aromatic ring is 1. The molecule has 1 unspecified atom stereocenters. The minimum atomic E-state index is -0.116. The number of carbonyl (C=O) groups is 1. The van der Waals surface area contributed by atoms with Crippen molar-refractivity contribution in [1.29, 1.82) is 0 Å². The number of hydrogen-bond acceptors (Lipinski definition) is 8. The van der Waals surface area contributed by atoms with Crippen LogP contribution in [0.1, 0.15) is 33.0 Å². The van der Waals surface area contributed by atoms with Crippen molar-refractivity contribution >= 4 is 39.0 Å². The van der Waals surface area contributed by atoms with E-state index in [2.05, 4.69) is 27.3 Å². The average molecular weight is 479 g/mol. The fourth-order valence-electron chi connectivity index (χ4n) is 5.56. The Morgan fingerprint density at radius 3 is 2.76 bits per heavy atom. The maximum atomic E-state index is 13.0. The molecular formula is C25H30N6O2S. The summed E-state index contributed by atoms with van der Waals surface area (Å²) in [5.41, 5.74) is 16.5. The van der Waals surface area contributed by atoms with Gasteiger partial charge in [0.15, 0.2) is 0 Å². The van der Waals surface area contributed by atoms with E-state index >= 15 is 0 Å². The number of hydrogen-bond donors (Lipinski definition) is 3. The number of carbonyl (C=O) groups excluding carboxylic acids is 1. The molecule has 2 fully saturated rings. The molecule has 178 valence electrons. The van der Waals surface area contributed by atoms with Crippen LogP contribution in [0, 0.1) is 18.8 Å². The third kappa shape index (κ3) is 3.81. The summed E-state index contributed by atoms with van der Waals surface area (Å²) in [7, 11) is 0. The number of amides is 1. The van der Waals surface area contributed by atoms with Crippen molar-refractivity contribution in [2.24, 2.45) is 17.6 Å². The van der Waals surface area contributed by atoms with Crippen molar-refractivity contribution < 1.29 is 9.53 Å². The summed E-state index contributed by atoms with van der Waals surface area (Å²) in [5.74, 6) is 1.65. The fraction of sp³-hybridized carbons (Fsp3) is 0.480. The van der Waals surface area contributed by atoms with Gasteiger partial charge < -0.3 is 26.4 Å². The van der Waals surface area contributed by atoms with Gasteiger partial charge in [0.25, 0.3) is 5.91 Å². The van der Waals surface area contributed by atoms with Crippen LogP contribution in [0.3, 0.4) is 0 Å². The normalized spacial score (nSPS) is 26.4. The van der Waals surface area contributed by atoms with Gasteiger partial charge in [0.2, 0.25) is 0 Å². The van der Waals surface area contributed by atoms with Crippen LogP contribution < -0.4 is 21.7 Å². The van der Waals surface area contributed by atoms with E-state index < -0.39 is 0 Å². The van der Waals surface area contributed by atoms with Crippen LogP contribution in [-0.2, 0) is 17.6 Å². The number of piperidine rings is 1. The first kappa shape index (κ1) is 21.8. The summed E-state index contributed by atoms with van der Waals surface area (Å²) < 4.78 is 5.71. The van der Waals surface area contributed by atoms with E-state index in [0.29, 0.717) is 22.4 Å². The number of thiophene rings is 1. The maximum Gasteiger partial charge on any atom is 0.263 e. The van der Waals surface area contributed by atoms with E-state index in [1.54, 1.807) is 0 Å². The van der Waals surface area contributed by atoms with E-state index in [1.165, 1.54) is 16.9 Å². The number of fused-ring (bicyclic) bond motifs is 4. The summed E-state index contributed by atoms with van der Waals surface area (Å²) in [6, 6.07) is 8.45. The SMILES string of the molecule is Cc1ccc2c(N)c(C(=O)N[C@H]3CCc4nc(N5CC6COC[C@@H](C5)[C@@H]6N)ccc4C3)sc2n1. The topological polar surface area (TPSA) is 119 Å². The lowest BCUT2D eigenvalue weighted by atomic mass is 9.83. The van der Waals surface area contributed by atoms with Crippen LogP contribution >= 0.6 is 11.3 Å². The van der Waals surface area contributed by atoms with Crippen molar-refractivity contribution in [3.8, 4) is 0 Å². The van der Waals surface area contributed by atoms with E-state index in [0.717, 1.165) is 73.0 Å². The second-order valence-electron chi connectivity index (χ2n) is 9.88. The third-order valence-corrected chi connectivity index (χ3v) is 8.62. The summed E-state index contributed by atoms with van der Waals surface area (Å²) in [5, 5.41) is 4.05. The molecule has 4 atom stereocenters. The van der Waals surface area contributed by atoms with Gasteiger partial charge in [-0.15, -0.1) is 11.3 Å². The lowest BCUT2D eigenvalue weighted by Gasteiger charge is -2.46. The smallest absolute Gasteiger partial charge is 0.263 e. The minimum Gasteiger partial charge on any atom is -0.397 e. The summed E-state index contributed by atoms with van der Waals surface area (Å²) >= 11 is 1.36. The van der Waals surface area contributed by atoms with Gasteiger partial charge in [0, 0.05) is 53.8 Å². The van der Waals surface area contributed by atoms with Crippen LogP contribution in [-0.4, -0.2) is 54.3 Å². The molecule has 1 amide bonds. The summed E-state index contributed by atoms with van der Waals surface area (Å²) in [4.78, 5) is 26.3. The van der Waals surface area contributed by atoms with Gasteiger partial charge in [-0.1, -0.05) is 6.07 Å². The Kier molecular flexibility index (Phi) is 5.43. The molecular weight excluding hydrogens is 448 g/mol. The minimum absolute atomic E-state index is 0.0662. The number of nitrogens with two attached hydrogens (primary N) is 2. The molecule has 1 aliphatic carbocycles. The largest absolute Gasteiger partial charge is 0.397 e. The second-order valence-corrected chi connectivity index (χ2v) is 10.9. The average Bonchev–Trinajstić information content (AvgIpc) is 3.14. The lowest BCUT2D eigenvalue weighted by Crippen LogP contribution is -2.59. The Morgan fingerprint density at radius 1 is 1.18 bits per heavy atom. The zero-order valence-corrected chi connectivity index (χ0v) is 20.1. The predicted molar refractivity (Wildman–Crippen MR) is 134 cm³/mol. The number of ether oxygens (including phenoxy) is 1. The zero-order valence-electron chi connectivity index (χ0n) is 19.3. The predicted octanol–water partition coefficient (Wildman–Crippen LogP) is 2.28. The van der Waals surface area contributed by atoms with Gasteiger partial charge in [0.1, 0.15) is 15.5 Å². The molecule has 0 spiro atoms. The molecule has 34 heavy (non-hydrogen) atoms. The third-order valence-electron chi connectivity index (χ3n) is 7.51. The number of aryl methyl sites for hydroxylation is 2. The van der Waals surface area contributed by atoms with Gasteiger partial charge in [-0.25, -0.2) is 9.97 Å². The first-order valence-electron chi connectivity index (χ1n) is 12.0. The second kappa shape index (κ2) is 8.48. The highest BCUT2D eigenvalue weighted by Crippen LogP contribution is 2.33. The molecule has 5 heterocycles. The molecule has 6 rings (SSSR count). The first-order valence-corrected chi connectivity index (χ1v) is 12.8. The highest BCUT2D eigenvalue weighted by Gasteiger charge is 2.38. The van der Waals surface area contributed by atoms with Crippen LogP contribution in [0.5, 0.6) is 0 Å². The van der Waals surface area contributed by atoms with Crippen LogP contribution in [0.15, 0.2) is 24.3 Å². The van der Waals surface area contributed by atoms with E-state index in [-0.39, 0.29) is 18.0 Å². The molecule has 2 bridgehead atoms. The Labute approximate surface area is 202 Å². The van der Waals surface area contributed by atoms with Gasteiger partial charge in [-0.05, 0) is 49.9 Å². The summed E-state index contributed by atoms with van der Waals surface area (Å²) in [6.45, 7) is 5.20. The number of anilines is 2. The number of aromatic nitrogens is 2. The van der Waals surface area contributed by atoms with E-state index in [1.807, 2.05) is 19.1 Å². The van der Waals surface area contributed by atoms with Crippen molar-refractivity contribution in [2.45, 2.75) is 38.3 Å². The molecule has 0 saturated carbocycles. The van der Waals surface area contributed by atoms with Crippen molar-refractivity contribution in [1.82, 2.24) is 15.3 Å². The standard InChI is InChI=1S/C25H30N6O2S/c1-13-2-5-18-22(27)23(34-25(18)28-13)24(32)29-17-4-6-19-14(8-17)3-7-20(30-19)31-9-15-11-33-12-16(10-31)21(15)26/h2-3,5,7,15-17,21H,4,6,8-12,26-27H2,1H3,(H,29,32)/t15-,16?,17+,21+/m1/s1. The molecule has 5 N–H and O–H groups in total. The summed E-state index contributed by atoms with van der Waals surface area (Å²) in [6.07, 6.45) is 2.49. The van der Waals surface area contributed by atoms with Crippen LogP contribution in [0.2, 0.25) is 0 Å². The molecule has 3 aromatic heterocycles. The molecule has 2 saturated heterocycles. The molecule has 8 nitrogen and oxygen atoms in total. The Bertz CT molecular complexity index is 1250. The molecule has 2 aliphatic heterocycles. The number of nitrogens with one attached hydrogen (secondary N) is 1. The number of pyridine rings is 2. The van der Waals surface area contributed by atoms with E-state index in [4.69, 9.17) is 21.2 Å². The molecule has 9 heteroatoms. The monoisotopic (exact) mass is 478 g/mol. The first-order chi connectivity index (χ1) is 16.5. The molecule has 3 aromatic rings. The van der Waals surface area contributed by atoms with Crippen LogP contribution in [0.25, 0.3) is 10.2 Å². The van der Waals surface area contributed by atoms with Crippen molar-refractivity contribution in [3.63, 3.8) is 0 Å².